The molecule has 2 nitrogen and oxygen atoms in total. The van der Waals surface area contributed by atoms with E-state index < -0.39 is 0 Å². The highest BCUT2D eigenvalue weighted by atomic mass is 19.1. The number of rotatable bonds is 1. The lowest BCUT2D eigenvalue weighted by molar-refractivity contribution is 0.407. The fraction of sp³-hybridized carbons (Fsp3) is 0.429. The molecular weight excluding hydrogens is 217 g/mol. The van der Waals surface area contributed by atoms with Crippen molar-refractivity contribution in [3.8, 4) is 0 Å². The molecule has 3 atom stereocenters. The molecule has 0 amide bonds. The average Bonchev–Trinajstić information content (AvgIpc) is 2.85. The van der Waals surface area contributed by atoms with Gasteiger partial charge in [0.1, 0.15) is 5.76 Å². The van der Waals surface area contributed by atoms with Crippen LogP contribution in [0, 0.1) is 11.7 Å². The van der Waals surface area contributed by atoms with E-state index in [-0.39, 0.29) is 11.9 Å². The zero-order valence-corrected chi connectivity index (χ0v) is 9.82. The van der Waals surface area contributed by atoms with Crippen LogP contribution in [0.15, 0.2) is 28.7 Å². The maximum atomic E-state index is 13.5. The minimum atomic E-state index is -0.288. The number of fused-ring (bicyclic) bond motifs is 1. The van der Waals surface area contributed by atoms with Crippen molar-refractivity contribution < 1.29 is 8.81 Å². The van der Waals surface area contributed by atoms with E-state index in [9.17, 15) is 4.39 Å². The second kappa shape index (κ2) is 3.84. The standard InChI is InChI=1S/C14H16FNO/c1-8-10(5-6-12(8)16)13-7-9-3-2-4-11(15)14(9)17-13/h2-4,7-8,10,12H,5-6,16H2,1H3. The number of para-hydroxylation sites is 1. The lowest BCUT2D eigenvalue weighted by Crippen LogP contribution is -2.24. The molecule has 1 saturated carbocycles. The highest BCUT2D eigenvalue weighted by Gasteiger charge is 2.33. The van der Waals surface area contributed by atoms with Crippen LogP contribution in [-0.2, 0) is 0 Å². The molecule has 2 aromatic rings. The minimum absolute atomic E-state index is 0.234. The monoisotopic (exact) mass is 233 g/mol. The van der Waals surface area contributed by atoms with E-state index in [1.165, 1.54) is 6.07 Å². The van der Waals surface area contributed by atoms with Crippen molar-refractivity contribution in [2.24, 2.45) is 11.7 Å². The summed E-state index contributed by atoms with van der Waals surface area (Å²) < 4.78 is 19.2. The Kier molecular flexibility index (Phi) is 2.44. The highest BCUT2D eigenvalue weighted by molar-refractivity contribution is 5.78. The minimum Gasteiger partial charge on any atom is -0.458 e. The molecule has 3 rings (SSSR count). The average molecular weight is 233 g/mol. The van der Waals surface area contributed by atoms with Crippen LogP contribution in [0.4, 0.5) is 4.39 Å². The van der Waals surface area contributed by atoms with Gasteiger partial charge in [0, 0.05) is 17.3 Å². The molecular formula is C14H16FNO. The Balaban J connectivity index is 2.04. The van der Waals surface area contributed by atoms with Crippen LogP contribution >= 0.6 is 0 Å². The zero-order valence-electron chi connectivity index (χ0n) is 9.82. The first-order chi connectivity index (χ1) is 8.16. The van der Waals surface area contributed by atoms with Crippen molar-refractivity contribution in [2.75, 3.05) is 0 Å². The summed E-state index contributed by atoms with van der Waals surface area (Å²) in [4.78, 5) is 0. The fourth-order valence-electron chi connectivity index (χ4n) is 2.83. The molecule has 1 heterocycles. The van der Waals surface area contributed by atoms with Gasteiger partial charge in [0.2, 0.25) is 0 Å². The van der Waals surface area contributed by atoms with Gasteiger partial charge in [-0.15, -0.1) is 0 Å². The Labute approximate surface area is 99.6 Å². The van der Waals surface area contributed by atoms with Gasteiger partial charge in [-0.25, -0.2) is 4.39 Å². The molecule has 0 bridgehead atoms. The van der Waals surface area contributed by atoms with Crippen LogP contribution < -0.4 is 5.73 Å². The maximum Gasteiger partial charge on any atom is 0.169 e. The van der Waals surface area contributed by atoms with Crippen LogP contribution in [0.2, 0.25) is 0 Å². The van der Waals surface area contributed by atoms with Crippen molar-refractivity contribution in [1.82, 2.24) is 0 Å². The van der Waals surface area contributed by atoms with Gasteiger partial charge in [-0.1, -0.05) is 19.1 Å². The lowest BCUT2D eigenvalue weighted by Gasteiger charge is -2.15. The Morgan fingerprint density at radius 3 is 2.82 bits per heavy atom. The number of nitrogens with two attached hydrogens (primary N) is 1. The largest absolute Gasteiger partial charge is 0.458 e. The quantitative estimate of drug-likeness (QED) is 0.819. The van der Waals surface area contributed by atoms with Crippen molar-refractivity contribution in [3.05, 3.63) is 35.8 Å². The number of hydrogen-bond acceptors (Lipinski definition) is 2. The molecule has 17 heavy (non-hydrogen) atoms. The second-order valence-corrected chi connectivity index (χ2v) is 5.01. The van der Waals surface area contributed by atoms with Crippen LogP contribution in [0.5, 0.6) is 0 Å². The number of halogens is 1. The topological polar surface area (TPSA) is 39.2 Å². The van der Waals surface area contributed by atoms with Crippen LogP contribution in [0.3, 0.4) is 0 Å². The molecule has 1 aromatic carbocycles. The van der Waals surface area contributed by atoms with E-state index in [1.807, 2.05) is 12.1 Å². The summed E-state index contributed by atoms with van der Waals surface area (Å²) in [5.41, 5.74) is 6.38. The molecule has 0 spiro atoms. The summed E-state index contributed by atoms with van der Waals surface area (Å²) in [5, 5.41) is 0.840. The Morgan fingerprint density at radius 1 is 1.35 bits per heavy atom. The number of benzene rings is 1. The van der Waals surface area contributed by atoms with Gasteiger partial charge in [-0.2, -0.15) is 0 Å². The van der Waals surface area contributed by atoms with Gasteiger partial charge in [0.15, 0.2) is 11.4 Å². The molecule has 1 aromatic heterocycles. The number of hydrogen-bond donors (Lipinski definition) is 1. The zero-order chi connectivity index (χ0) is 12.0. The predicted octanol–water partition coefficient (Wildman–Crippen LogP) is 3.41. The molecule has 1 aliphatic carbocycles. The van der Waals surface area contributed by atoms with Gasteiger partial charge < -0.3 is 10.2 Å². The Bertz CT molecular complexity index is 548. The molecule has 90 valence electrons. The second-order valence-electron chi connectivity index (χ2n) is 5.01. The van der Waals surface area contributed by atoms with E-state index in [1.54, 1.807) is 6.07 Å². The Morgan fingerprint density at radius 2 is 2.18 bits per heavy atom. The lowest BCUT2D eigenvalue weighted by atomic mass is 9.94. The molecule has 0 radical (unpaired) electrons. The SMILES string of the molecule is CC1C(N)CCC1c1cc2cccc(F)c2o1. The highest BCUT2D eigenvalue weighted by Crippen LogP contribution is 2.40. The van der Waals surface area contributed by atoms with Gasteiger partial charge >= 0.3 is 0 Å². The van der Waals surface area contributed by atoms with Crippen LogP contribution in [0.25, 0.3) is 11.0 Å². The molecule has 3 unspecified atom stereocenters. The summed E-state index contributed by atoms with van der Waals surface area (Å²) in [7, 11) is 0. The summed E-state index contributed by atoms with van der Waals surface area (Å²) >= 11 is 0. The Hall–Kier alpha value is -1.35. The maximum absolute atomic E-state index is 13.5. The number of furan rings is 1. The molecule has 1 fully saturated rings. The predicted molar refractivity (Wildman–Crippen MR) is 65.3 cm³/mol. The molecule has 0 aliphatic heterocycles. The summed E-state index contributed by atoms with van der Waals surface area (Å²) in [6.45, 7) is 2.14. The summed E-state index contributed by atoms with van der Waals surface area (Å²) in [6.07, 6.45) is 2.05. The first kappa shape index (κ1) is 10.8. The third-order valence-electron chi connectivity index (χ3n) is 4.00. The fourth-order valence-corrected chi connectivity index (χ4v) is 2.83. The molecule has 1 aliphatic rings. The van der Waals surface area contributed by atoms with E-state index in [4.69, 9.17) is 10.2 Å². The smallest absolute Gasteiger partial charge is 0.169 e. The molecule has 2 N–H and O–H groups in total. The summed E-state index contributed by atoms with van der Waals surface area (Å²) in [5.74, 6) is 1.32. The van der Waals surface area contributed by atoms with Gasteiger partial charge in [0.25, 0.3) is 0 Å². The van der Waals surface area contributed by atoms with E-state index >= 15 is 0 Å². The third kappa shape index (κ3) is 1.65. The van der Waals surface area contributed by atoms with E-state index in [0.717, 1.165) is 24.0 Å². The van der Waals surface area contributed by atoms with Crippen LogP contribution in [0.1, 0.15) is 31.4 Å². The van der Waals surface area contributed by atoms with Crippen molar-refractivity contribution in [3.63, 3.8) is 0 Å². The normalized spacial score (nSPS) is 29.0. The summed E-state index contributed by atoms with van der Waals surface area (Å²) in [6, 6.07) is 7.21. The van der Waals surface area contributed by atoms with E-state index in [0.29, 0.717) is 17.4 Å². The van der Waals surface area contributed by atoms with Gasteiger partial charge in [-0.05, 0) is 30.9 Å². The third-order valence-corrected chi connectivity index (χ3v) is 4.00. The molecule has 0 saturated heterocycles. The molecule has 3 heteroatoms. The first-order valence-electron chi connectivity index (χ1n) is 6.10. The van der Waals surface area contributed by atoms with Crippen molar-refractivity contribution in [1.29, 1.82) is 0 Å². The van der Waals surface area contributed by atoms with Crippen LogP contribution in [-0.4, -0.2) is 6.04 Å². The van der Waals surface area contributed by atoms with Crippen molar-refractivity contribution >= 4 is 11.0 Å². The van der Waals surface area contributed by atoms with Gasteiger partial charge in [-0.3, -0.25) is 0 Å². The van der Waals surface area contributed by atoms with E-state index in [2.05, 4.69) is 6.92 Å². The first-order valence-corrected chi connectivity index (χ1v) is 6.10. The van der Waals surface area contributed by atoms with Crippen molar-refractivity contribution in [2.45, 2.75) is 31.7 Å². The van der Waals surface area contributed by atoms with Gasteiger partial charge in [0.05, 0.1) is 0 Å².